The Balaban J connectivity index is 0.00000312. The minimum atomic E-state index is -0.0537. The Bertz CT molecular complexity index is 694. The van der Waals surface area contributed by atoms with E-state index in [-0.39, 0.29) is 33.0 Å². The third-order valence-electron chi connectivity index (χ3n) is 3.56. The number of methoxy groups -OCH3 is 1. The van der Waals surface area contributed by atoms with Gasteiger partial charge in [0.15, 0.2) is 5.52 Å². The van der Waals surface area contributed by atoms with Crippen molar-refractivity contribution in [1.82, 2.24) is 0 Å². The number of unbranched alkanes of at least 4 members (excludes halogenated alkanes) is 2. The fourth-order valence-corrected chi connectivity index (χ4v) is 3.51. The van der Waals surface area contributed by atoms with Crippen molar-refractivity contribution >= 4 is 49.9 Å². The van der Waals surface area contributed by atoms with Gasteiger partial charge < -0.3 is 9.47 Å². The molecule has 25 heavy (non-hydrogen) atoms. The molecule has 1 atom stereocenters. The molecule has 0 fully saturated rings. The summed E-state index contributed by atoms with van der Waals surface area (Å²) in [6.45, 7) is 2.84. The van der Waals surface area contributed by atoms with Crippen LogP contribution in [0.5, 0.6) is 11.5 Å². The zero-order valence-electron chi connectivity index (χ0n) is 14.0. The molecule has 2 aromatic carbocycles. The molecule has 2 rings (SSSR count). The predicted octanol–water partition coefficient (Wildman–Crippen LogP) is 4.41. The summed E-state index contributed by atoms with van der Waals surface area (Å²) in [7, 11) is 1.51. The molecule has 0 saturated carbocycles. The molecule has 2 aromatic rings. The van der Waals surface area contributed by atoms with Gasteiger partial charge in [0.1, 0.15) is 11.5 Å². The number of hydrogen-bond acceptors (Lipinski definition) is 3. The monoisotopic (exact) mass is 372 g/mol. The van der Waals surface area contributed by atoms with E-state index in [9.17, 15) is 4.79 Å². The summed E-state index contributed by atoms with van der Waals surface area (Å²) >= 11 is 6.32. The number of hydrogen-bond donors (Lipinski definition) is 0. The van der Waals surface area contributed by atoms with Crippen molar-refractivity contribution in [3.05, 3.63) is 53.1 Å². The molecular formula is C19H23ClLiO3P. The van der Waals surface area contributed by atoms with E-state index < -0.39 is 0 Å². The average molecular weight is 373 g/mol. The molecule has 0 heterocycles. The standard InChI is InChI=1S/C19H22ClO3P.Li.H/c1-3-4-7-12-23-14-10-11-18(16(20)13-14)24-19(21)15-8-5-6-9-17(15)22-2;;/h5-6,8-11,13,24H,3-4,7,12H2,1-2H3;;. The van der Waals surface area contributed by atoms with Gasteiger partial charge in [-0.05, 0) is 50.6 Å². The second-order valence-electron chi connectivity index (χ2n) is 5.35. The summed E-state index contributed by atoms with van der Waals surface area (Å²) in [5, 5.41) is 1.37. The van der Waals surface area contributed by atoms with E-state index in [0.717, 1.165) is 30.3 Å². The molecule has 0 N–H and O–H groups in total. The van der Waals surface area contributed by atoms with Gasteiger partial charge in [-0.2, -0.15) is 0 Å². The summed E-state index contributed by atoms with van der Waals surface area (Å²) in [6, 6.07) is 12.7. The molecule has 0 aliphatic rings. The molecule has 0 bridgehead atoms. The van der Waals surface area contributed by atoms with Crippen molar-refractivity contribution < 1.29 is 14.3 Å². The van der Waals surface area contributed by atoms with Crippen LogP contribution in [0.4, 0.5) is 0 Å². The zero-order valence-corrected chi connectivity index (χ0v) is 15.7. The minimum absolute atomic E-state index is 0. The van der Waals surface area contributed by atoms with E-state index in [2.05, 4.69) is 6.92 Å². The topological polar surface area (TPSA) is 35.5 Å². The van der Waals surface area contributed by atoms with Crippen LogP contribution in [0, 0.1) is 0 Å². The molecule has 0 spiro atoms. The number of carbonyl (C=O) groups excluding carboxylic acids is 1. The van der Waals surface area contributed by atoms with E-state index in [0.29, 0.717) is 22.9 Å². The molecule has 0 aliphatic heterocycles. The van der Waals surface area contributed by atoms with E-state index in [1.165, 1.54) is 0 Å². The third-order valence-corrected chi connectivity index (χ3v) is 5.23. The number of ether oxygens (including phenoxy) is 2. The Labute approximate surface area is 168 Å². The Morgan fingerprint density at radius 3 is 2.60 bits per heavy atom. The molecule has 3 nitrogen and oxygen atoms in total. The second-order valence-corrected chi connectivity index (χ2v) is 7.00. The van der Waals surface area contributed by atoms with E-state index in [1.807, 2.05) is 24.3 Å². The van der Waals surface area contributed by atoms with Crippen LogP contribution in [0.1, 0.15) is 36.5 Å². The number of rotatable bonds is 9. The quantitative estimate of drug-likeness (QED) is 0.371. The Morgan fingerprint density at radius 2 is 1.92 bits per heavy atom. The number of carbonyl (C=O) groups is 1. The first kappa shape index (κ1) is 22.1. The summed E-state index contributed by atoms with van der Waals surface area (Å²) in [5.74, 6) is 1.33. The molecule has 0 aromatic heterocycles. The molecule has 130 valence electrons. The van der Waals surface area contributed by atoms with Crippen molar-refractivity contribution in [3.8, 4) is 11.5 Å². The summed E-state index contributed by atoms with van der Waals surface area (Å²) in [6.07, 6.45) is 3.35. The molecule has 6 heteroatoms. The van der Waals surface area contributed by atoms with Crippen molar-refractivity contribution in [2.45, 2.75) is 26.2 Å². The first-order valence-electron chi connectivity index (χ1n) is 8.02. The fourth-order valence-electron chi connectivity index (χ4n) is 2.25. The summed E-state index contributed by atoms with van der Waals surface area (Å²) in [4.78, 5) is 12.5. The predicted molar refractivity (Wildman–Crippen MR) is 109 cm³/mol. The van der Waals surface area contributed by atoms with Gasteiger partial charge >= 0.3 is 18.9 Å². The average Bonchev–Trinajstić information content (AvgIpc) is 2.60. The van der Waals surface area contributed by atoms with Gasteiger partial charge in [-0.15, -0.1) is 0 Å². The van der Waals surface area contributed by atoms with E-state index in [1.54, 1.807) is 25.3 Å². The Morgan fingerprint density at radius 1 is 1.16 bits per heavy atom. The molecule has 0 amide bonds. The van der Waals surface area contributed by atoms with Gasteiger partial charge in [-0.25, -0.2) is 0 Å². The molecule has 1 unspecified atom stereocenters. The van der Waals surface area contributed by atoms with Crippen molar-refractivity contribution in [3.63, 3.8) is 0 Å². The molecular weight excluding hydrogens is 350 g/mol. The van der Waals surface area contributed by atoms with Crippen LogP contribution in [0.3, 0.4) is 0 Å². The summed E-state index contributed by atoms with van der Waals surface area (Å²) in [5.41, 5.74) is 0.584. The van der Waals surface area contributed by atoms with Gasteiger partial charge in [0.2, 0.25) is 0 Å². The molecule has 0 aliphatic carbocycles. The maximum absolute atomic E-state index is 12.5. The van der Waals surface area contributed by atoms with Gasteiger partial charge in [0, 0.05) is 0 Å². The van der Waals surface area contributed by atoms with Gasteiger partial charge in [-0.3, -0.25) is 4.79 Å². The van der Waals surface area contributed by atoms with Crippen LogP contribution in [0.25, 0.3) is 0 Å². The maximum atomic E-state index is 12.5. The number of para-hydroxylation sites is 1. The van der Waals surface area contributed by atoms with E-state index >= 15 is 0 Å². The number of benzene rings is 2. The van der Waals surface area contributed by atoms with Crippen LogP contribution >= 0.6 is 20.2 Å². The van der Waals surface area contributed by atoms with E-state index in [4.69, 9.17) is 21.1 Å². The van der Waals surface area contributed by atoms with Crippen LogP contribution in [0.2, 0.25) is 5.02 Å². The SMILES string of the molecule is CCCCCOc1ccc(PC(=O)c2ccccc2OC)c(Cl)c1.[LiH]. The molecule has 0 radical (unpaired) electrons. The summed E-state index contributed by atoms with van der Waals surface area (Å²) < 4.78 is 10.9. The van der Waals surface area contributed by atoms with Crippen molar-refractivity contribution in [1.29, 1.82) is 0 Å². The van der Waals surface area contributed by atoms with Crippen molar-refractivity contribution in [2.75, 3.05) is 13.7 Å². The van der Waals surface area contributed by atoms with Crippen LogP contribution < -0.4 is 14.8 Å². The van der Waals surface area contributed by atoms with Crippen LogP contribution in [-0.2, 0) is 0 Å². The Hall–Kier alpha value is -0.973. The number of halogens is 1. The van der Waals surface area contributed by atoms with Crippen LogP contribution in [0.15, 0.2) is 42.5 Å². The van der Waals surface area contributed by atoms with Gasteiger partial charge in [0.25, 0.3) is 0 Å². The normalized spacial score (nSPS) is 10.5. The molecule has 0 saturated heterocycles. The first-order chi connectivity index (χ1) is 11.7. The van der Waals surface area contributed by atoms with Crippen LogP contribution in [-0.4, -0.2) is 38.1 Å². The fraction of sp³-hybridized carbons (Fsp3) is 0.316. The van der Waals surface area contributed by atoms with Gasteiger partial charge in [0.05, 0.1) is 24.3 Å². The first-order valence-corrected chi connectivity index (χ1v) is 9.40. The van der Waals surface area contributed by atoms with Crippen molar-refractivity contribution in [2.24, 2.45) is 0 Å². The third kappa shape index (κ3) is 6.68. The Kier molecular flexibility index (Phi) is 10.2. The zero-order chi connectivity index (χ0) is 17.4. The van der Waals surface area contributed by atoms with Gasteiger partial charge in [-0.1, -0.05) is 43.5 Å². The second kappa shape index (κ2) is 11.6.